The van der Waals surface area contributed by atoms with Crippen LogP contribution in [0.4, 0.5) is 0 Å². The van der Waals surface area contributed by atoms with E-state index in [1.54, 1.807) is 20.4 Å². The molecule has 6 bridgehead atoms. The highest BCUT2D eigenvalue weighted by molar-refractivity contribution is 7.10. The van der Waals surface area contributed by atoms with Gasteiger partial charge in [-0.15, -0.1) is 11.3 Å². The molecule has 7 atom stereocenters. The summed E-state index contributed by atoms with van der Waals surface area (Å²) in [5, 5.41) is 8.24. The van der Waals surface area contributed by atoms with Crippen LogP contribution in [0.1, 0.15) is 82.9 Å². The second-order valence-electron chi connectivity index (χ2n) is 17.8. The zero-order chi connectivity index (χ0) is 43.6. The summed E-state index contributed by atoms with van der Waals surface area (Å²) in [5.74, 6) is -0.824. The molecule has 5 heterocycles. The third-order valence-electron chi connectivity index (χ3n) is 12.8. The van der Waals surface area contributed by atoms with Gasteiger partial charge in [0.25, 0.3) is 5.91 Å². The molecule has 2 aliphatic heterocycles. The predicted octanol–water partition coefficient (Wildman–Crippen LogP) is 6.20. The van der Waals surface area contributed by atoms with Crippen LogP contribution < -0.4 is 10.7 Å². The first-order valence-corrected chi connectivity index (χ1v) is 22.6. The van der Waals surface area contributed by atoms with Gasteiger partial charge >= 0.3 is 5.97 Å². The van der Waals surface area contributed by atoms with E-state index in [2.05, 4.69) is 79.1 Å². The standard InChI is InChI=1S/C46H63N7O7S/c1-10-52-36-16-15-30-23-32(36)33(40(52)31-13-11-17-47-38(31)29(4)58-9)24-46(5,6)26-60-45(56)34-14-12-18-53(50-34)44(55)39(49-42(54)37-27(2)28(37)3)41(43-48-35(30)25-61-43)59-22-20-51(7)19-21-57-8/h11,13,15-17,23,25,27-29,34,37,39,41,50H,10,12,14,18-22,24,26H2,1-9H3,(H,49,54)/t27-,28+,29-,34-,37?,39-,41-/m0/s1. The van der Waals surface area contributed by atoms with Crippen molar-refractivity contribution in [1.82, 2.24) is 35.2 Å². The van der Waals surface area contributed by atoms with Crippen LogP contribution in [0, 0.1) is 23.2 Å². The van der Waals surface area contributed by atoms with Gasteiger partial charge in [0.05, 0.1) is 43.0 Å². The van der Waals surface area contributed by atoms with Crippen molar-refractivity contribution >= 4 is 40.0 Å². The average molecular weight is 858 g/mol. The Kier molecular flexibility index (Phi) is 14.0. The van der Waals surface area contributed by atoms with E-state index in [0.29, 0.717) is 57.1 Å². The summed E-state index contributed by atoms with van der Waals surface area (Å²) in [5.41, 5.74) is 9.43. The van der Waals surface area contributed by atoms with Crippen LogP contribution in [0.3, 0.4) is 0 Å². The van der Waals surface area contributed by atoms with E-state index in [9.17, 15) is 14.4 Å². The molecule has 4 aromatic rings. The summed E-state index contributed by atoms with van der Waals surface area (Å²) in [4.78, 5) is 54.8. The van der Waals surface area contributed by atoms with E-state index < -0.39 is 29.6 Å². The molecule has 330 valence electrons. The van der Waals surface area contributed by atoms with Crippen LogP contribution in [0.2, 0.25) is 0 Å². The van der Waals surface area contributed by atoms with Crippen LogP contribution in [0.25, 0.3) is 33.4 Å². The van der Waals surface area contributed by atoms with Crippen molar-refractivity contribution in [2.24, 2.45) is 23.2 Å². The van der Waals surface area contributed by atoms with Crippen molar-refractivity contribution in [1.29, 1.82) is 0 Å². The van der Waals surface area contributed by atoms with Gasteiger partial charge in [-0.1, -0.05) is 33.8 Å². The molecule has 0 spiro atoms. The number of likely N-dealkylation sites (N-methyl/N-ethyl adjacent to an activating group) is 1. The number of nitrogens with zero attached hydrogens (tertiary/aromatic N) is 5. The van der Waals surface area contributed by atoms with E-state index in [0.717, 1.165) is 44.7 Å². The number of rotatable bonds is 13. The highest BCUT2D eigenvalue weighted by Crippen LogP contribution is 2.46. The van der Waals surface area contributed by atoms with Crippen molar-refractivity contribution in [2.45, 2.75) is 91.6 Å². The SMILES string of the molecule is CCn1c(-c2cccnc2[C@H](C)OC)c2c3cc(ccc31)-c1csc(n1)[C@@H](OCCN(C)CCOC)[C@H](NC(=O)C1[C@@H](C)[C@H]1C)C(=O)N1CCC[C@H](N1)C(=O)OCC(C)(C)C2. The van der Waals surface area contributed by atoms with Gasteiger partial charge in [-0.05, 0) is 81.8 Å². The lowest BCUT2D eigenvalue weighted by Crippen LogP contribution is -2.61. The lowest BCUT2D eigenvalue weighted by Gasteiger charge is -2.37. The van der Waals surface area contributed by atoms with Gasteiger partial charge in [0.2, 0.25) is 5.91 Å². The molecule has 7 rings (SSSR count). The molecule has 1 unspecified atom stereocenters. The third-order valence-corrected chi connectivity index (χ3v) is 13.7. The predicted molar refractivity (Wildman–Crippen MR) is 236 cm³/mol. The van der Waals surface area contributed by atoms with Crippen LogP contribution in [0.5, 0.6) is 0 Å². The van der Waals surface area contributed by atoms with E-state index in [1.807, 2.05) is 25.4 Å². The maximum Gasteiger partial charge on any atom is 0.324 e. The fourth-order valence-corrected chi connectivity index (χ4v) is 9.75. The number of cyclic esters (lactones) is 1. The Hall–Kier alpha value is -4.25. The van der Waals surface area contributed by atoms with E-state index in [4.69, 9.17) is 28.9 Å². The van der Waals surface area contributed by atoms with Crippen LogP contribution >= 0.6 is 11.3 Å². The second-order valence-corrected chi connectivity index (χ2v) is 18.7. The quantitative estimate of drug-likeness (QED) is 0.148. The first kappa shape index (κ1) is 44.8. The fourth-order valence-electron chi connectivity index (χ4n) is 8.84. The molecule has 1 aromatic carbocycles. The van der Waals surface area contributed by atoms with Crippen LogP contribution in [0.15, 0.2) is 41.9 Å². The number of nitrogens with one attached hydrogen (secondary N) is 2. The van der Waals surface area contributed by atoms with Gasteiger partial charge in [0.15, 0.2) is 0 Å². The number of aryl methyl sites for hydroxylation is 1. The summed E-state index contributed by atoms with van der Waals surface area (Å²) < 4.78 is 26.3. The molecule has 61 heavy (non-hydrogen) atoms. The zero-order valence-electron chi connectivity index (χ0n) is 37.2. The largest absolute Gasteiger partial charge is 0.464 e. The minimum atomic E-state index is -1.12. The monoisotopic (exact) mass is 857 g/mol. The molecule has 1 saturated heterocycles. The number of aromatic nitrogens is 3. The normalized spacial score (nSPS) is 24.7. The number of methoxy groups -OCH3 is 2. The van der Waals surface area contributed by atoms with E-state index in [1.165, 1.54) is 16.3 Å². The first-order valence-electron chi connectivity index (χ1n) is 21.7. The number of amides is 2. The number of hydrazine groups is 1. The number of fused-ring (bicyclic) bond motifs is 6. The number of hydrogen-bond acceptors (Lipinski definition) is 12. The van der Waals surface area contributed by atoms with Gasteiger partial charge in [-0.3, -0.25) is 24.4 Å². The highest BCUT2D eigenvalue weighted by Gasteiger charge is 2.50. The maximum atomic E-state index is 14.8. The Morgan fingerprint density at radius 1 is 1.15 bits per heavy atom. The van der Waals surface area contributed by atoms with E-state index in [-0.39, 0.29) is 48.9 Å². The summed E-state index contributed by atoms with van der Waals surface area (Å²) in [7, 11) is 5.35. The van der Waals surface area contributed by atoms with Crippen molar-refractivity contribution in [2.75, 3.05) is 60.7 Å². The maximum absolute atomic E-state index is 14.8. The topological polar surface area (TPSA) is 149 Å². The summed E-state index contributed by atoms with van der Waals surface area (Å²) in [6.45, 7) is 15.8. The first-order chi connectivity index (χ1) is 29.3. The van der Waals surface area contributed by atoms with Crippen molar-refractivity contribution in [3.05, 3.63) is 58.2 Å². The van der Waals surface area contributed by atoms with Gasteiger partial charge < -0.3 is 33.7 Å². The van der Waals surface area contributed by atoms with Crippen molar-refractivity contribution in [3.8, 4) is 22.5 Å². The number of benzene rings is 1. The fraction of sp³-hybridized carbons (Fsp3) is 0.587. The van der Waals surface area contributed by atoms with Crippen molar-refractivity contribution in [3.63, 3.8) is 0 Å². The molecule has 2 N–H and O–H groups in total. The molecule has 15 heteroatoms. The zero-order valence-corrected chi connectivity index (χ0v) is 38.0. The number of thiazole rings is 1. The Balaban J connectivity index is 1.38. The minimum absolute atomic E-state index is 0.158. The third kappa shape index (κ3) is 9.57. The number of carbonyl (C=O) groups excluding carboxylic acids is 3. The summed E-state index contributed by atoms with van der Waals surface area (Å²) in [6.07, 6.45) is 2.31. The molecular weight excluding hydrogens is 795 g/mol. The lowest BCUT2D eigenvalue weighted by molar-refractivity contribution is -0.157. The van der Waals surface area contributed by atoms with Gasteiger partial charge in [-0.25, -0.2) is 10.4 Å². The highest BCUT2D eigenvalue weighted by atomic mass is 32.1. The Bertz CT molecular complexity index is 2200. The molecule has 14 nitrogen and oxygen atoms in total. The number of ether oxygens (including phenoxy) is 4. The lowest BCUT2D eigenvalue weighted by atomic mass is 9.84. The van der Waals surface area contributed by atoms with Gasteiger partial charge in [-0.2, -0.15) is 0 Å². The molecule has 3 aliphatic rings. The molecular formula is C46H63N7O7S. The van der Waals surface area contributed by atoms with Crippen LogP contribution in [-0.4, -0.2) is 115 Å². The molecule has 2 amide bonds. The molecule has 3 aromatic heterocycles. The van der Waals surface area contributed by atoms with Crippen LogP contribution in [-0.2, 0) is 46.3 Å². The Morgan fingerprint density at radius 2 is 1.92 bits per heavy atom. The second kappa shape index (κ2) is 19.0. The number of pyridine rings is 1. The number of esters is 1. The molecule has 1 aliphatic carbocycles. The molecule has 2 fully saturated rings. The van der Waals surface area contributed by atoms with E-state index >= 15 is 0 Å². The molecule has 0 radical (unpaired) electrons. The van der Waals surface area contributed by atoms with Gasteiger partial charge in [0.1, 0.15) is 23.2 Å². The molecule has 1 saturated carbocycles. The average Bonchev–Trinajstić information content (AvgIpc) is 3.54. The summed E-state index contributed by atoms with van der Waals surface area (Å²) in [6, 6.07) is 8.64. The number of hydrogen-bond donors (Lipinski definition) is 2. The van der Waals surface area contributed by atoms with Gasteiger partial charge in [0, 0.05) is 85.3 Å². The Labute approximate surface area is 363 Å². The Morgan fingerprint density at radius 3 is 2.64 bits per heavy atom. The van der Waals surface area contributed by atoms with Crippen molar-refractivity contribution < 1.29 is 33.3 Å². The summed E-state index contributed by atoms with van der Waals surface area (Å²) >= 11 is 1.41. The smallest absolute Gasteiger partial charge is 0.324 e. The number of carbonyl (C=O) groups is 3. The minimum Gasteiger partial charge on any atom is -0.464 e.